The van der Waals surface area contributed by atoms with Gasteiger partial charge in [0.15, 0.2) is 5.65 Å². The number of benzene rings is 2. The van der Waals surface area contributed by atoms with Gasteiger partial charge in [-0.2, -0.15) is 10.1 Å². The molecule has 1 aliphatic heterocycles. The predicted molar refractivity (Wildman–Crippen MR) is 142 cm³/mol. The van der Waals surface area contributed by atoms with Crippen LogP contribution in [-0.2, 0) is 11.8 Å². The molecule has 2 aliphatic carbocycles. The fourth-order valence-corrected chi connectivity index (χ4v) is 6.64. The lowest BCUT2D eigenvalue weighted by molar-refractivity contribution is 0.187. The van der Waals surface area contributed by atoms with Crippen LogP contribution in [-0.4, -0.2) is 39.3 Å². The van der Waals surface area contributed by atoms with E-state index in [0.717, 1.165) is 50.8 Å². The van der Waals surface area contributed by atoms with Gasteiger partial charge < -0.3 is 21.1 Å². The zero-order valence-corrected chi connectivity index (χ0v) is 20.9. The SMILES string of the molecule is NC(=O)Oc1ccc(C2(c3n[nH]c4nc(N5CCC6(CC5)Cc5ccccc5[C@H]6N)[nH]c(=O)c34)CC2)cc1. The van der Waals surface area contributed by atoms with Gasteiger partial charge in [-0.25, -0.2) is 4.79 Å². The molecule has 3 aliphatic rings. The first kappa shape index (κ1) is 23.0. The lowest BCUT2D eigenvalue weighted by atomic mass is 9.73. The highest BCUT2D eigenvalue weighted by atomic mass is 16.5. The molecular formula is C28H29N7O3. The molecule has 1 atom stereocenters. The number of nitrogens with zero attached hydrogens (tertiary/aromatic N) is 3. The van der Waals surface area contributed by atoms with Crippen molar-refractivity contribution in [2.24, 2.45) is 16.9 Å². The quantitative estimate of drug-likeness (QED) is 0.328. The number of carbonyl (C=O) groups is 1. The molecule has 0 unspecified atom stereocenters. The maximum absolute atomic E-state index is 13.4. The topological polar surface area (TPSA) is 156 Å². The maximum Gasteiger partial charge on any atom is 0.409 e. The van der Waals surface area contributed by atoms with Crippen molar-refractivity contribution in [1.29, 1.82) is 0 Å². The highest BCUT2D eigenvalue weighted by Crippen LogP contribution is 2.54. The van der Waals surface area contributed by atoms with Crippen LogP contribution in [0.4, 0.5) is 10.7 Å². The van der Waals surface area contributed by atoms with Gasteiger partial charge in [-0.1, -0.05) is 36.4 Å². The molecule has 6 N–H and O–H groups in total. The van der Waals surface area contributed by atoms with Crippen LogP contribution in [0.15, 0.2) is 53.3 Å². The lowest BCUT2D eigenvalue weighted by Gasteiger charge is -2.42. The number of hydrogen-bond donors (Lipinski definition) is 4. The number of anilines is 1. The Morgan fingerprint density at radius 1 is 1.05 bits per heavy atom. The van der Waals surface area contributed by atoms with Gasteiger partial charge in [0.25, 0.3) is 5.56 Å². The number of piperidine rings is 1. The van der Waals surface area contributed by atoms with E-state index in [0.29, 0.717) is 28.4 Å². The number of nitrogens with one attached hydrogen (secondary N) is 2. The second-order valence-electron chi connectivity index (χ2n) is 10.9. The van der Waals surface area contributed by atoms with E-state index in [1.807, 2.05) is 12.1 Å². The van der Waals surface area contributed by atoms with Gasteiger partial charge in [0.2, 0.25) is 5.95 Å². The minimum absolute atomic E-state index is 0.0386. The van der Waals surface area contributed by atoms with Crippen molar-refractivity contribution in [1.82, 2.24) is 20.2 Å². The molecule has 2 aromatic carbocycles. The number of hydrogen-bond acceptors (Lipinski definition) is 7. The van der Waals surface area contributed by atoms with Crippen molar-refractivity contribution in [2.75, 3.05) is 18.0 Å². The Morgan fingerprint density at radius 2 is 1.79 bits per heavy atom. The molecule has 1 spiro atoms. The number of ether oxygens (including phenoxy) is 1. The van der Waals surface area contributed by atoms with Crippen LogP contribution >= 0.6 is 0 Å². The molecular weight excluding hydrogens is 482 g/mol. The zero-order valence-electron chi connectivity index (χ0n) is 20.9. The zero-order chi connectivity index (χ0) is 26.1. The normalized spacial score (nSPS) is 21.0. The second kappa shape index (κ2) is 8.16. The van der Waals surface area contributed by atoms with E-state index in [2.05, 4.69) is 44.3 Å². The first-order chi connectivity index (χ1) is 18.4. The number of nitrogens with two attached hydrogens (primary N) is 2. The third kappa shape index (κ3) is 3.43. The first-order valence-electron chi connectivity index (χ1n) is 13.0. The largest absolute Gasteiger partial charge is 0.411 e. The van der Waals surface area contributed by atoms with Crippen molar-refractivity contribution in [3.63, 3.8) is 0 Å². The summed E-state index contributed by atoms with van der Waals surface area (Å²) >= 11 is 0. The molecule has 1 amide bonds. The van der Waals surface area contributed by atoms with Crippen molar-refractivity contribution < 1.29 is 9.53 Å². The third-order valence-electron chi connectivity index (χ3n) is 8.90. The number of fused-ring (bicyclic) bond motifs is 2. The number of carbonyl (C=O) groups excluding carboxylic acids is 1. The van der Waals surface area contributed by atoms with Crippen molar-refractivity contribution in [2.45, 2.75) is 43.6 Å². The fourth-order valence-electron chi connectivity index (χ4n) is 6.64. The number of amides is 1. The molecule has 10 heteroatoms. The molecule has 194 valence electrons. The summed E-state index contributed by atoms with van der Waals surface area (Å²) in [5, 5.41) is 8.07. The number of aromatic amines is 2. The smallest absolute Gasteiger partial charge is 0.409 e. The molecule has 7 rings (SSSR count). The molecule has 0 radical (unpaired) electrons. The van der Waals surface area contributed by atoms with Gasteiger partial charge in [0.05, 0.1) is 5.69 Å². The van der Waals surface area contributed by atoms with E-state index in [-0.39, 0.29) is 22.4 Å². The standard InChI is InChI=1S/C28H29N7O3/c29-21-19-4-2-1-3-16(19)15-27(21)11-13-35(14-12-27)26-31-23-20(24(36)32-26)22(33-34-23)28(9-10-28)17-5-7-18(8-6-17)38-25(30)37/h1-8,21H,9-15,29H2,(H2,30,37)(H2,31,32,33,34,36)/t21-/m1/s1. The highest BCUT2D eigenvalue weighted by Gasteiger charge is 2.50. The Balaban J connectivity index is 1.14. The average Bonchev–Trinajstić information content (AvgIpc) is 3.52. The Kier molecular flexibility index (Phi) is 4.93. The summed E-state index contributed by atoms with van der Waals surface area (Å²) in [5.41, 5.74) is 16.1. The van der Waals surface area contributed by atoms with Crippen molar-refractivity contribution in [3.8, 4) is 5.75 Å². The first-order valence-corrected chi connectivity index (χ1v) is 13.0. The van der Waals surface area contributed by atoms with Crippen LogP contribution in [0.3, 0.4) is 0 Å². The van der Waals surface area contributed by atoms with Gasteiger partial charge in [-0.15, -0.1) is 0 Å². The van der Waals surface area contributed by atoms with Gasteiger partial charge in [0.1, 0.15) is 11.1 Å². The minimum atomic E-state index is -0.856. The highest BCUT2D eigenvalue weighted by molar-refractivity contribution is 5.80. The van der Waals surface area contributed by atoms with Gasteiger partial charge in [-0.3, -0.25) is 14.9 Å². The number of aromatic nitrogens is 4. The van der Waals surface area contributed by atoms with Crippen molar-refractivity contribution >= 4 is 23.1 Å². The Hall–Kier alpha value is -4.18. The fraction of sp³-hybridized carbons (Fsp3) is 0.357. The van der Waals surface area contributed by atoms with Crippen LogP contribution in [0.1, 0.15) is 54.1 Å². The summed E-state index contributed by atoms with van der Waals surface area (Å²) < 4.78 is 4.95. The Labute approximate surface area is 218 Å². The second-order valence-corrected chi connectivity index (χ2v) is 10.9. The monoisotopic (exact) mass is 511 g/mol. The summed E-state index contributed by atoms with van der Waals surface area (Å²) in [6.07, 6.45) is 3.75. The average molecular weight is 512 g/mol. The molecule has 4 aromatic rings. The number of primary amides is 1. The molecule has 2 aromatic heterocycles. The lowest BCUT2D eigenvalue weighted by Crippen LogP contribution is -2.45. The molecule has 10 nitrogen and oxygen atoms in total. The van der Waals surface area contributed by atoms with E-state index >= 15 is 0 Å². The molecule has 1 saturated heterocycles. The summed E-state index contributed by atoms with van der Waals surface area (Å²) in [6, 6.07) is 15.7. The maximum atomic E-state index is 13.4. The molecule has 0 bridgehead atoms. The Morgan fingerprint density at radius 3 is 2.47 bits per heavy atom. The van der Waals surface area contributed by atoms with E-state index in [4.69, 9.17) is 21.2 Å². The van der Waals surface area contributed by atoms with E-state index in [1.165, 1.54) is 11.1 Å². The molecule has 1 saturated carbocycles. The minimum Gasteiger partial charge on any atom is -0.411 e. The predicted octanol–water partition coefficient (Wildman–Crippen LogP) is 3.03. The van der Waals surface area contributed by atoms with Crippen LogP contribution in [0, 0.1) is 5.41 Å². The van der Waals surface area contributed by atoms with E-state index in [9.17, 15) is 9.59 Å². The van der Waals surface area contributed by atoms with Crippen molar-refractivity contribution in [3.05, 3.63) is 81.3 Å². The molecule has 3 heterocycles. The van der Waals surface area contributed by atoms with Gasteiger partial charge in [0, 0.05) is 24.5 Å². The van der Waals surface area contributed by atoms with E-state index in [1.54, 1.807) is 12.1 Å². The van der Waals surface area contributed by atoms with Crippen LogP contribution in [0.25, 0.3) is 11.0 Å². The summed E-state index contributed by atoms with van der Waals surface area (Å²) in [6.45, 7) is 1.56. The summed E-state index contributed by atoms with van der Waals surface area (Å²) in [4.78, 5) is 34.4. The van der Waals surface area contributed by atoms with Gasteiger partial charge >= 0.3 is 6.09 Å². The molecule has 38 heavy (non-hydrogen) atoms. The number of H-pyrrole nitrogens is 2. The number of rotatable bonds is 4. The summed E-state index contributed by atoms with van der Waals surface area (Å²) in [5.74, 6) is 0.938. The summed E-state index contributed by atoms with van der Waals surface area (Å²) in [7, 11) is 0. The van der Waals surface area contributed by atoms with Crippen LogP contribution in [0.5, 0.6) is 5.75 Å². The van der Waals surface area contributed by atoms with Gasteiger partial charge in [-0.05, 0) is 66.3 Å². The third-order valence-corrected chi connectivity index (χ3v) is 8.90. The Bertz CT molecular complexity index is 1610. The molecule has 2 fully saturated rings. The van der Waals surface area contributed by atoms with E-state index < -0.39 is 6.09 Å². The van der Waals surface area contributed by atoms with Crippen LogP contribution < -0.4 is 26.7 Å². The van der Waals surface area contributed by atoms with Crippen LogP contribution in [0.2, 0.25) is 0 Å².